The van der Waals surface area contributed by atoms with Gasteiger partial charge in [-0.3, -0.25) is 0 Å². The molecular formula is C15H14ClF2N5O. The van der Waals surface area contributed by atoms with Gasteiger partial charge in [0.1, 0.15) is 18.1 Å². The minimum atomic E-state index is -0.715. The van der Waals surface area contributed by atoms with Gasteiger partial charge in [-0.2, -0.15) is 10.1 Å². The predicted molar refractivity (Wildman–Crippen MR) is 85.2 cm³/mol. The summed E-state index contributed by atoms with van der Waals surface area (Å²) in [6, 6.07) is 2.48. The van der Waals surface area contributed by atoms with Crippen molar-refractivity contribution in [2.75, 3.05) is 11.9 Å². The van der Waals surface area contributed by atoms with Crippen molar-refractivity contribution >= 4 is 17.3 Å². The Kier molecular flexibility index (Phi) is 5.75. The van der Waals surface area contributed by atoms with Gasteiger partial charge >= 0.3 is 6.01 Å². The van der Waals surface area contributed by atoms with E-state index < -0.39 is 11.6 Å². The number of aryl methyl sites for hydroxylation is 1. The topological polar surface area (TPSA) is 83.2 Å². The molecule has 24 heavy (non-hydrogen) atoms. The molecule has 0 aliphatic carbocycles. The van der Waals surface area contributed by atoms with E-state index in [1.165, 1.54) is 25.4 Å². The fourth-order valence-corrected chi connectivity index (χ4v) is 1.77. The molecule has 1 aromatic carbocycles. The van der Waals surface area contributed by atoms with E-state index >= 15 is 0 Å². The number of hydrogen-bond acceptors (Lipinski definition) is 6. The molecule has 126 valence electrons. The first-order valence-electron chi connectivity index (χ1n) is 6.82. The lowest BCUT2D eigenvalue weighted by molar-refractivity contribution is 0.319. The van der Waals surface area contributed by atoms with E-state index in [9.17, 15) is 8.78 Å². The van der Waals surface area contributed by atoms with E-state index in [1.54, 1.807) is 6.92 Å². The molecule has 2 N–H and O–H groups in total. The molecule has 0 unspecified atom stereocenters. The number of ether oxygens (including phenoxy) is 1. The van der Waals surface area contributed by atoms with Gasteiger partial charge < -0.3 is 10.1 Å². The van der Waals surface area contributed by atoms with Gasteiger partial charge in [-0.1, -0.05) is 11.6 Å². The number of rotatable bonds is 6. The Balaban J connectivity index is 2.05. The Morgan fingerprint density at radius 2 is 2.17 bits per heavy atom. The smallest absolute Gasteiger partial charge is 0.317 e. The van der Waals surface area contributed by atoms with Gasteiger partial charge in [0, 0.05) is 11.8 Å². The maximum Gasteiger partial charge on any atom is 0.317 e. The number of nitrogens with zero attached hydrogens (tertiary/aromatic N) is 3. The van der Waals surface area contributed by atoms with Gasteiger partial charge in [0.15, 0.2) is 5.82 Å². The molecule has 2 rings (SSSR count). The van der Waals surface area contributed by atoms with Crippen LogP contribution in [-0.2, 0) is 0 Å². The number of nitrogens with one attached hydrogen (secondary N) is 2. The zero-order valence-electron chi connectivity index (χ0n) is 12.9. The van der Waals surface area contributed by atoms with Crippen molar-refractivity contribution < 1.29 is 13.5 Å². The number of anilines is 1. The summed E-state index contributed by atoms with van der Waals surface area (Å²) in [7, 11) is 0. The Bertz CT molecular complexity index is 798. The largest absolute Gasteiger partial charge is 0.457 e. The third-order valence-electron chi connectivity index (χ3n) is 3.10. The molecule has 9 heteroatoms. The van der Waals surface area contributed by atoms with Crippen LogP contribution in [-0.4, -0.2) is 16.6 Å². The van der Waals surface area contributed by atoms with Crippen LogP contribution in [0.2, 0.25) is 5.02 Å². The standard InChI is InChI=1S/C15H14ClF2N5O/c1-8-12(17)3-4-13(14(8)18)20-5-10(23-19)7-24-15-21-6-11(16)9(2)22-15/h3-6,19-20H,7H2,1-2H3/b10-5-,23-19?. The number of aromatic nitrogens is 2. The summed E-state index contributed by atoms with van der Waals surface area (Å²) in [5, 5.41) is 6.31. The zero-order valence-corrected chi connectivity index (χ0v) is 13.7. The van der Waals surface area contributed by atoms with Crippen LogP contribution in [0.15, 0.2) is 35.3 Å². The van der Waals surface area contributed by atoms with Crippen molar-refractivity contribution in [2.45, 2.75) is 13.8 Å². The van der Waals surface area contributed by atoms with Crippen LogP contribution in [0.5, 0.6) is 6.01 Å². The summed E-state index contributed by atoms with van der Waals surface area (Å²) in [6.45, 7) is 2.92. The highest BCUT2D eigenvalue weighted by atomic mass is 35.5. The summed E-state index contributed by atoms with van der Waals surface area (Å²) in [5.74, 6) is -1.35. The molecule has 0 amide bonds. The second-order valence-electron chi connectivity index (χ2n) is 4.80. The van der Waals surface area contributed by atoms with E-state index in [1.807, 2.05) is 0 Å². The first-order valence-corrected chi connectivity index (χ1v) is 7.19. The van der Waals surface area contributed by atoms with Crippen molar-refractivity contribution in [3.8, 4) is 6.01 Å². The Labute approximate surface area is 142 Å². The average Bonchev–Trinajstić information content (AvgIpc) is 2.57. The molecule has 1 aromatic heterocycles. The van der Waals surface area contributed by atoms with Gasteiger partial charge in [0.05, 0.1) is 22.6 Å². The molecule has 0 atom stereocenters. The minimum Gasteiger partial charge on any atom is -0.457 e. The van der Waals surface area contributed by atoms with Crippen molar-refractivity contribution in [3.63, 3.8) is 0 Å². The highest BCUT2D eigenvalue weighted by Gasteiger charge is 2.09. The van der Waals surface area contributed by atoms with Crippen LogP contribution in [0.4, 0.5) is 14.5 Å². The molecule has 0 saturated heterocycles. The monoisotopic (exact) mass is 353 g/mol. The molecule has 0 spiro atoms. The predicted octanol–water partition coefficient (Wildman–Crippen LogP) is 4.39. The van der Waals surface area contributed by atoms with Gasteiger partial charge in [-0.05, 0) is 26.0 Å². The maximum absolute atomic E-state index is 13.9. The lowest BCUT2D eigenvalue weighted by Gasteiger charge is -2.08. The zero-order chi connectivity index (χ0) is 17.7. The van der Waals surface area contributed by atoms with Crippen LogP contribution >= 0.6 is 11.6 Å². The van der Waals surface area contributed by atoms with Crippen LogP contribution < -0.4 is 10.1 Å². The first kappa shape index (κ1) is 17.7. The molecule has 0 fully saturated rings. The molecule has 0 aliphatic heterocycles. The van der Waals surface area contributed by atoms with Crippen molar-refractivity contribution in [2.24, 2.45) is 5.11 Å². The Morgan fingerprint density at radius 1 is 1.42 bits per heavy atom. The molecule has 1 heterocycles. The molecule has 0 saturated carbocycles. The fraction of sp³-hybridized carbons (Fsp3) is 0.200. The summed E-state index contributed by atoms with van der Waals surface area (Å²) >= 11 is 5.81. The normalized spacial score (nSPS) is 11.3. The second-order valence-corrected chi connectivity index (χ2v) is 5.21. The van der Waals surface area contributed by atoms with Gasteiger partial charge in [0.25, 0.3) is 0 Å². The third-order valence-corrected chi connectivity index (χ3v) is 3.48. The van der Waals surface area contributed by atoms with Crippen molar-refractivity contribution in [1.29, 1.82) is 5.53 Å². The quantitative estimate of drug-likeness (QED) is 0.754. The van der Waals surface area contributed by atoms with Crippen molar-refractivity contribution in [3.05, 3.63) is 58.1 Å². The second kappa shape index (κ2) is 7.78. The summed E-state index contributed by atoms with van der Waals surface area (Å²) in [6.07, 6.45) is 2.68. The highest BCUT2D eigenvalue weighted by Crippen LogP contribution is 2.20. The number of halogens is 3. The average molecular weight is 354 g/mol. The highest BCUT2D eigenvalue weighted by molar-refractivity contribution is 6.31. The SMILES string of the molecule is Cc1nc(OC/C(=C/Nc2ccc(F)c(C)c2F)N=N)ncc1Cl. The van der Waals surface area contributed by atoms with Crippen LogP contribution in [0, 0.1) is 31.0 Å². The van der Waals surface area contributed by atoms with Crippen LogP contribution in [0.3, 0.4) is 0 Å². The molecular weight excluding hydrogens is 340 g/mol. The Morgan fingerprint density at radius 3 is 2.83 bits per heavy atom. The first-order chi connectivity index (χ1) is 11.4. The third kappa shape index (κ3) is 4.23. The molecule has 6 nitrogen and oxygen atoms in total. The fourth-order valence-electron chi connectivity index (χ4n) is 1.68. The number of hydrogen-bond donors (Lipinski definition) is 2. The van der Waals surface area contributed by atoms with E-state index in [2.05, 4.69) is 20.4 Å². The van der Waals surface area contributed by atoms with Gasteiger partial charge in [-0.15, -0.1) is 0 Å². The van der Waals surface area contributed by atoms with Gasteiger partial charge in [-0.25, -0.2) is 19.3 Å². The lowest BCUT2D eigenvalue weighted by Crippen LogP contribution is -2.05. The minimum absolute atomic E-state index is 0.0636. The summed E-state index contributed by atoms with van der Waals surface area (Å²) < 4.78 is 32.4. The van der Waals surface area contributed by atoms with Crippen molar-refractivity contribution in [1.82, 2.24) is 9.97 Å². The molecule has 0 bridgehead atoms. The molecule has 0 aliphatic rings. The summed E-state index contributed by atoms with van der Waals surface area (Å²) in [5.41, 5.74) is 7.80. The lowest BCUT2D eigenvalue weighted by atomic mass is 10.2. The van der Waals surface area contributed by atoms with E-state index in [0.717, 1.165) is 6.07 Å². The van der Waals surface area contributed by atoms with E-state index in [0.29, 0.717) is 10.7 Å². The van der Waals surface area contributed by atoms with Gasteiger partial charge in [0.2, 0.25) is 0 Å². The Hall–Kier alpha value is -2.61. The molecule has 2 aromatic rings. The number of benzene rings is 1. The van der Waals surface area contributed by atoms with E-state index in [4.69, 9.17) is 21.9 Å². The summed E-state index contributed by atoms with van der Waals surface area (Å²) in [4.78, 5) is 7.90. The molecule has 0 radical (unpaired) electrons. The van der Waals surface area contributed by atoms with Crippen LogP contribution in [0.25, 0.3) is 0 Å². The maximum atomic E-state index is 13.9. The van der Waals surface area contributed by atoms with E-state index in [-0.39, 0.29) is 29.6 Å². The van der Waals surface area contributed by atoms with Crippen LogP contribution in [0.1, 0.15) is 11.3 Å².